The molecule has 0 radical (unpaired) electrons. The van der Waals surface area contributed by atoms with Crippen LogP contribution >= 0.6 is 19.7 Å². The van der Waals surface area contributed by atoms with Crippen LogP contribution in [0.1, 0.15) is 5.56 Å². The number of benzene rings is 1. The first kappa shape index (κ1) is 12.0. The Labute approximate surface area is 104 Å². The predicted molar refractivity (Wildman–Crippen MR) is 77.8 cm³/mol. The van der Waals surface area contributed by atoms with Crippen molar-refractivity contribution in [2.75, 3.05) is 0 Å². The standard InChI is InChI=1S/C12H16NPSSi/c1-9-7-5-6-8-10(9)11-13-15-12(14-11)16(2,3)4/h5-8H,1-4H3. The average Bonchev–Trinajstić information content (AvgIpc) is 2.66. The lowest BCUT2D eigenvalue weighted by molar-refractivity contribution is 1.45. The van der Waals surface area contributed by atoms with E-state index in [1.165, 1.54) is 24.7 Å². The number of hydrogen-bond acceptors (Lipinski definition) is 2. The van der Waals surface area contributed by atoms with Crippen molar-refractivity contribution in [3.8, 4) is 11.0 Å². The number of aromatic nitrogens is 1. The maximum Gasteiger partial charge on any atom is 0.111 e. The molecule has 0 aliphatic carbocycles. The van der Waals surface area contributed by atoms with E-state index >= 15 is 0 Å². The summed E-state index contributed by atoms with van der Waals surface area (Å²) in [5, 5.41) is 0. The fraction of sp³-hybridized carbons (Fsp3) is 0.333. The number of nitrogens with zero attached hydrogens (tertiary/aromatic N) is 1. The van der Waals surface area contributed by atoms with Crippen LogP contribution in [0.2, 0.25) is 19.6 Å². The summed E-state index contributed by atoms with van der Waals surface area (Å²) in [5.74, 6) is 0. The first-order valence-corrected chi connectivity index (χ1v) is 10.6. The third kappa shape index (κ3) is 2.42. The molecule has 2 aromatic rings. The molecule has 1 nitrogen and oxygen atoms in total. The van der Waals surface area contributed by atoms with Gasteiger partial charge in [0, 0.05) is 9.80 Å². The summed E-state index contributed by atoms with van der Waals surface area (Å²) in [6, 6.07) is 8.51. The van der Waals surface area contributed by atoms with Gasteiger partial charge < -0.3 is 0 Å². The second kappa shape index (κ2) is 4.40. The van der Waals surface area contributed by atoms with Crippen LogP contribution in [0.5, 0.6) is 0 Å². The molecule has 0 saturated heterocycles. The van der Waals surface area contributed by atoms with E-state index < -0.39 is 8.07 Å². The van der Waals surface area contributed by atoms with E-state index in [-0.39, 0.29) is 0 Å². The van der Waals surface area contributed by atoms with E-state index in [4.69, 9.17) is 0 Å². The van der Waals surface area contributed by atoms with Crippen molar-refractivity contribution in [2.45, 2.75) is 26.6 Å². The molecule has 0 fully saturated rings. The highest BCUT2D eigenvalue weighted by atomic mass is 32.1. The molecule has 0 bridgehead atoms. The smallest absolute Gasteiger partial charge is 0.111 e. The lowest BCUT2D eigenvalue weighted by Crippen LogP contribution is -2.32. The molecule has 0 atom stereocenters. The van der Waals surface area contributed by atoms with Crippen molar-refractivity contribution in [3.63, 3.8) is 0 Å². The lowest BCUT2D eigenvalue weighted by atomic mass is 10.1. The van der Waals surface area contributed by atoms with Crippen LogP contribution < -0.4 is 4.23 Å². The van der Waals surface area contributed by atoms with Crippen LogP contribution in [0.25, 0.3) is 11.0 Å². The number of aryl methyl sites for hydroxylation is 1. The molecule has 1 heterocycles. The second-order valence-electron chi connectivity index (χ2n) is 4.99. The predicted octanol–water partition coefficient (Wildman–Crippen LogP) is 4.24. The van der Waals surface area contributed by atoms with Gasteiger partial charge in [0.15, 0.2) is 0 Å². The minimum Gasteiger partial charge on any atom is -0.187 e. The van der Waals surface area contributed by atoms with Gasteiger partial charge >= 0.3 is 0 Å². The lowest BCUT2D eigenvalue weighted by Gasteiger charge is -2.10. The summed E-state index contributed by atoms with van der Waals surface area (Å²) in [6.07, 6.45) is 0. The maximum atomic E-state index is 4.63. The molecule has 0 saturated carbocycles. The third-order valence-electron chi connectivity index (χ3n) is 2.45. The molecule has 4 heteroatoms. The van der Waals surface area contributed by atoms with Crippen LogP contribution in [-0.2, 0) is 0 Å². The highest BCUT2D eigenvalue weighted by Crippen LogP contribution is 2.30. The minimum atomic E-state index is -1.16. The van der Waals surface area contributed by atoms with Gasteiger partial charge in [0.2, 0.25) is 0 Å². The Morgan fingerprint density at radius 2 is 1.88 bits per heavy atom. The Morgan fingerprint density at radius 1 is 1.19 bits per heavy atom. The molecule has 0 aliphatic rings. The number of rotatable bonds is 2. The van der Waals surface area contributed by atoms with Gasteiger partial charge in [-0.25, -0.2) is 0 Å². The summed E-state index contributed by atoms with van der Waals surface area (Å²) in [4.78, 5) is 0. The summed E-state index contributed by atoms with van der Waals surface area (Å²) in [5.41, 5.74) is 3.87. The molecular formula is C12H16NPSSi. The molecule has 0 N–H and O–H groups in total. The highest BCUT2D eigenvalue weighted by Gasteiger charge is 2.21. The molecule has 1 aromatic carbocycles. The molecule has 0 spiro atoms. The van der Waals surface area contributed by atoms with E-state index in [0.29, 0.717) is 0 Å². The molecule has 2 rings (SSSR count). The molecule has 0 aliphatic heterocycles. The highest BCUT2D eigenvalue weighted by molar-refractivity contribution is 7.55. The molecule has 16 heavy (non-hydrogen) atoms. The third-order valence-corrected chi connectivity index (χ3v) is 10.1. The van der Waals surface area contributed by atoms with Gasteiger partial charge in [0.05, 0.1) is 8.07 Å². The van der Waals surface area contributed by atoms with E-state index in [2.05, 4.69) is 55.2 Å². The Kier molecular flexibility index (Phi) is 3.29. The van der Waals surface area contributed by atoms with Crippen molar-refractivity contribution in [1.82, 2.24) is 4.37 Å². The van der Waals surface area contributed by atoms with E-state index in [1.807, 2.05) is 0 Å². The van der Waals surface area contributed by atoms with Crippen LogP contribution in [-0.4, -0.2) is 12.4 Å². The normalized spacial score (nSPS) is 12.2. The Morgan fingerprint density at radius 3 is 2.44 bits per heavy atom. The van der Waals surface area contributed by atoms with Crippen LogP contribution in [0.3, 0.4) is 0 Å². The van der Waals surface area contributed by atoms with Crippen molar-refractivity contribution in [1.29, 1.82) is 0 Å². The summed E-state index contributed by atoms with van der Waals surface area (Å²) < 4.78 is 6.21. The zero-order valence-electron chi connectivity index (χ0n) is 10.1. The van der Waals surface area contributed by atoms with Crippen LogP contribution in [0.4, 0.5) is 0 Å². The van der Waals surface area contributed by atoms with Crippen molar-refractivity contribution >= 4 is 32.0 Å². The Bertz CT molecular complexity index is 502. The molecule has 1 aromatic heterocycles. The summed E-state index contributed by atoms with van der Waals surface area (Å²) in [6.45, 7) is 9.32. The van der Waals surface area contributed by atoms with Gasteiger partial charge in [-0.15, -0.1) is 0 Å². The van der Waals surface area contributed by atoms with E-state index in [9.17, 15) is 0 Å². The Hall–Kier alpha value is -0.503. The Balaban J connectivity index is 2.44. The second-order valence-corrected chi connectivity index (χ2v) is 12.9. The molecule has 0 amide bonds. The first-order valence-electron chi connectivity index (χ1n) is 5.38. The van der Waals surface area contributed by atoms with Crippen molar-refractivity contribution in [3.05, 3.63) is 29.8 Å². The number of hydrogen-bond donors (Lipinski definition) is 0. The zero-order chi connectivity index (χ0) is 11.8. The zero-order valence-corrected chi connectivity index (χ0v) is 12.8. The van der Waals surface area contributed by atoms with Crippen molar-refractivity contribution < 1.29 is 0 Å². The van der Waals surface area contributed by atoms with Gasteiger partial charge in [-0.05, 0) is 32.2 Å². The van der Waals surface area contributed by atoms with Gasteiger partial charge in [0.1, 0.15) is 5.43 Å². The van der Waals surface area contributed by atoms with E-state index in [0.717, 1.165) is 0 Å². The van der Waals surface area contributed by atoms with Gasteiger partial charge in [-0.3, -0.25) is 0 Å². The quantitative estimate of drug-likeness (QED) is 0.740. The van der Waals surface area contributed by atoms with Gasteiger partial charge in [-0.1, -0.05) is 43.9 Å². The fourth-order valence-corrected chi connectivity index (χ4v) is 6.02. The minimum absolute atomic E-state index is 1.16. The SMILES string of the molecule is Cc1ccccc1-c1nsc([Si](C)(C)C)p1. The monoisotopic (exact) mass is 265 g/mol. The summed E-state index contributed by atoms with van der Waals surface area (Å²) in [7, 11) is 0.178. The van der Waals surface area contributed by atoms with Crippen LogP contribution in [0.15, 0.2) is 24.3 Å². The largest absolute Gasteiger partial charge is 0.187 e. The molecular weight excluding hydrogens is 249 g/mol. The maximum absolute atomic E-state index is 4.63. The van der Waals surface area contributed by atoms with E-state index in [1.54, 1.807) is 15.8 Å². The summed E-state index contributed by atoms with van der Waals surface area (Å²) >= 11 is 1.71. The molecule has 84 valence electrons. The fourth-order valence-electron chi connectivity index (χ4n) is 1.46. The topological polar surface area (TPSA) is 12.9 Å². The van der Waals surface area contributed by atoms with Gasteiger partial charge in [0.25, 0.3) is 0 Å². The van der Waals surface area contributed by atoms with Gasteiger partial charge in [-0.2, -0.15) is 4.37 Å². The first-order chi connectivity index (χ1) is 7.48. The van der Waals surface area contributed by atoms with Crippen molar-refractivity contribution in [2.24, 2.45) is 0 Å². The average molecular weight is 265 g/mol. The van der Waals surface area contributed by atoms with Crippen LogP contribution in [0, 0.1) is 6.92 Å². The molecule has 0 unspecified atom stereocenters.